The van der Waals surface area contributed by atoms with E-state index in [1.54, 1.807) is 24.3 Å². The Hall–Kier alpha value is -3.97. The second-order valence-electron chi connectivity index (χ2n) is 7.62. The molecule has 4 nitrogen and oxygen atoms in total. The topological polar surface area (TPSA) is 61.2 Å². The highest BCUT2D eigenvalue weighted by atomic mass is 16.1. The molecule has 3 aromatic rings. The summed E-state index contributed by atoms with van der Waals surface area (Å²) in [5, 5.41) is 9.90. The SMILES string of the molecule is Cc1ccccc1N1Cc2ccccc2C1C1=C(C#N)C(=O)c2ccccc2C1=O. The van der Waals surface area contributed by atoms with Gasteiger partial charge in [0.05, 0.1) is 6.04 Å². The summed E-state index contributed by atoms with van der Waals surface area (Å²) in [6.07, 6.45) is 0. The van der Waals surface area contributed by atoms with Crippen LogP contribution in [0.1, 0.15) is 43.4 Å². The van der Waals surface area contributed by atoms with Crippen molar-refractivity contribution in [2.75, 3.05) is 4.90 Å². The number of hydrogen-bond acceptors (Lipinski definition) is 4. The van der Waals surface area contributed by atoms with Gasteiger partial charge in [-0.1, -0.05) is 66.7 Å². The number of carbonyl (C=O) groups excluding carboxylic acids is 2. The van der Waals surface area contributed by atoms with Crippen molar-refractivity contribution in [1.82, 2.24) is 0 Å². The van der Waals surface area contributed by atoms with Crippen molar-refractivity contribution >= 4 is 17.3 Å². The molecule has 0 saturated carbocycles. The molecule has 1 heterocycles. The molecule has 0 aromatic heterocycles. The van der Waals surface area contributed by atoms with Crippen LogP contribution in [-0.2, 0) is 6.54 Å². The second kappa shape index (κ2) is 6.82. The van der Waals surface area contributed by atoms with Crippen LogP contribution in [0.2, 0.25) is 0 Å². The minimum atomic E-state index is -0.484. The third kappa shape index (κ3) is 2.53. The van der Waals surface area contributed by atoms with Gasteiger partial charge >= 0.3 is 0 Å². The average Bonchev–Trinajstić information content (AvgIpc) is 3.15. The maximum absolute atomic E-state index is 13.6. The fourth-order valence-corrected chi connectivity index (χ4v) is 4.58. The van der Waals surface area contributed by atoms with E-state index in [2.05, 4.69) is 11.0 Å². The first-order valence-electron chi connectivity index (χ1n) is 9.84. The first-order valence-corrected chi connectivity index (χ1v) is 9.84. The molecular formula is C26H18N2O2. The molecule has 0 bridgehead atoms. The highest BCUT2D eigenvalue weighted by molar-refractivity contribution is 6.29. The number of benzene rings is 3. The molecule has 0 spiro atoms. The number of para-hydroxylation sites is 1. The predicted octanol–water partition coefficient (Wildman–Crippen LogP) is 4.96. The summed E-state index contributed by atoms with van der Waals surface area (Å²) >= 11 is 0. The van der Waals surface area contributed by atoms with E-state index in [1.807, 2.05) is 55.5 Å². The Morgan fingerprint density at radius 2 is 1.50 bits per heavy atom. The number of ketones is 2. The predicted molar refractivity (Wildman–Crippen MR) is 114 cm³/mol. The summed E-state index contributed by atoms with van der Waals surface area (Å²) in [6.45, 7) is 2.63. The van der Waals surface area contributed by atoms with Gasteiger partial charge in [0.15, 0.2) is 5.78 Å². The molecule has 1 aliphatic carbocycles. The number of allylic oxidation sites excluding steroid dienone is 1. The fourth-order valence-electron chi connectivity index (χ4n) is 4.58. The minimum Gasteiger partial charge on any atom is -0.356 e. The minimum absolute atomic E-state index is 0.0565. The second-order valence-corrected chi connectivity index (χ2v) is 7.62. The fraction of sp³-hybridized carbons (Fsp3) is 0.115. The van der Waals surface area contributed by atoms with Crippen molar-refractivity contribution in [3.05, 3.63) is 112 Å². The molecule has 0 amide bonds. The molecule has 30 heavy (non-hydrogen) atoms. The Morgan fingerprint density at radius 1 is 0.867 bits per heavy atom. The number of Topliss-reactive ketones (excluding diaryl/α,β-unsaturated/α-hetero) is 2. The van der Waals surface area contributed by atoms with E-state index in [9.17, 15) is 14.9 Å². The molecular weight excluding hydrogens is 372 g/mol. The quantitative estimate of drug-likeness (QED) is 0.621. The first kappa shape index (κ1) is 18.1. The monoisotopic (exact) mass is 390 g/mol. The van der Waals surface area contributed by atoms with Gasteiger partial charge in [0.2, 0.25) is 5.78 Å². The van der Waals surface area contributed by atoms with Gasteiger partial charge in [-0.05, 0) is 29.7 Å². The zero-order valence-electron chi connectivity index (χ0n) is 16.4. The lowest BCUT2D eigenvalue weighted by Crippen LogP contribution is -2.32. The average molecular weight is 390 g/mol. The largest absolute Gasteiger partial charge is 0.356 e. The summed E-state index contributed by atoms with van der Waals surface area (Å²) in [4.78, 5) is 28.9. The molecule has 1 aliphatic heterocycles. The number of nitrogens with zero attached hydrogens (tertiary/aromatic N) is 2. The van der Waals surface area contributed by atoms with E-state index in [-0.39, 0.29) is 22.7 Å². The molecule has 2 aliphatic rings. The maximum atomic E-state index is 13.6. The van der Waals surface area contributed by atoms with Gasteiger partial charge in [-0.15, -0.1) is 0 Å². The van der Waals surface area contributed by atoms with Gasteiger partial charge < -0.3 is 4.90 Å². The van der Waals surface area contributed by atoms with Crippen molar-refractivity contribution in [3.63, 3.8) is 0 Å². The van der Waals surface area contributed by atoms with E-state index in [4.69, 9.17) is 0 Å². The molecule has 144 valence electrons. The van der Waals surface area contributed by atoms with Crippen molar-refractivity contribution in [2.45, 2.75) is 19.5 Å². The number of hydrogen-bond donors (Lipinski definition) is 0. The summed E-state index contributed by atoms with van der Waals surface area (Å²) in [5.74, 6) is -0.626. The van der Waals surface area contributed by atoms with Crippen LogP contribution in [-0.4, -0.2) is 11.6 Å². The zero-order valence-corrected chi connectivity index (χ0v) is 16.4. The van der Waals surface area contributed by atoms with Gasteiger partial charge in [-0.25, -0.2) is 0 Å². The summed E-state index contributed by atoms with van der Waals surface area (Å²) in [5.41, 5.74) is 5.00. The molecule has 0 saturated heterocycles. The van der Waals surface area contributed by atoms with Crippen LogP contribution in [0.15, 0.2) is 83.9 Å². The summed E-state index contributed by atoms with van der Waals surface area (Å²) in [7, 11) is 0. The standard InChI is InChI=1S/C26H18N2O2/c1-16-8-2-7-13-22(16)28-15-17-9-3-4-10-18(17)24(28)23-21(14-27)25(29)19-11-5-6-12-20(19)26(23)30/h2-13,24H,15H2,1H3. The third-order valence-corrected chi connectivity index (χ3v) is 5.97. The lowest BCUT2D eigenvalue weighted by molar-refractivity contribution is 0.0973. The molecule has 3 aromatic carbocycles. The number of anilines is 1. The van der Waals surface area contributed by atoms with Crippen molar-refractivity contribution in [3.8, 4) is 6.07 Å². The van der Waals surface area contributed by atoms with Gasteiger partial charge in [0.25, 0.3) is 0 Å². The Balaban J connectivity index is 1.77. The highest BCUT2D eigenvalue weighted by Gasteiger charge is 2.42. The van der Waals surface area contributed by atoms with Gasteiger partial charge in [0, 0.05) is 28.9 Å². The number of rotatable bonds is 2. The Morgan fingerprint density at radius 3 is 2.23 bits per heavy atom. The molecule has 0 fully saturated rings. The van der Waals surface area contributed by atoms with Crippen LogP contribution in [0.3, 0.4) is 0 Å². The van der Waals surface area contributed by atoms with Gasteiger partial charge in [-0.2, -0.15) is 5.26 Å². The summed E-state index contributed by atoms with van der Waals surface area (Å²) in [6, 6.07) is 24.2. The van der Waals surface area contributed by atoms with Crippen LogP contribution in [0.5, 0.6) is 0 Å². The summed E-state index contributed by atoms with van der Waals surface area (Å²) < 4.78 is 0. The Bertz CT molecular complexity index is 1300. The highest BCUT2D eigenvalue weighted by Crippen LogP contribution is 2.46. The van der Waals surface area contributed by atoms with Crippen molar-refractivity contribution in [1.29, 1.82) is 5.26 Å². The van der Waals surface area contributed by atoms with E-state index in [1.165, 1.54) is 0 Å². The lowest BCUT2D eigenvalue weighted by Gasteiger charge is -2.32. The molecule has 0 radical (unpaired) electrons. The van der Waals surface area contributed by atoms with Crippen LogP contribution < -0.4 is 4.90 Å². The molecule has 0 N–H and O–H groups in total. The van der Waals surface area contributed by atoms with Crippen molar-refractivity contribution in [2.24, 2.45) is 0 Å². The van der Waals surface area contributed by atoms with E-state index < -0.39 is 6.04 Å². The van der Waals surface area contributed by atoms with Crippen LogP contribution >= 0.6 is 0 Å². The first-order chi connectivity index (χ1) is 14.6. The number of fused-ring (bicyclic) bond motifs is 2. The van der Waals surface area contributed by atoms with E-state index >= 15 is 0 Å². The van der Waals surface area contributed by atoms with Crippen LogP contribution in [0.25, 0.3) is 0 Å². The van der Waals surface area contributed by atoms with Crippen LogP contribution in [0, 0.1) is 18.3 Å². The normalized spacial score (nSPS) is 17.6. The molecule has 4 heteroatoms. The number of aryl methyl sites for hydroxylation is 1. The van der Waals surface area contributed by atoms with Gasteiger partial charge in [-0.3, -0.25) is 9.59 Å². The number of nitriles is 1. The lowest BCUT2D eigenvalue weighted by atomic mass is 9.79. The maximum Gasteiger partial charge on any atom is 0.204 e. The molecule has 1 atom stereocenters. The Labute approximate surface area is 174 Å². The molecule has 5 rings (SSSR count). The van der Waals surface area contributed by atoms with Crippen LogP contribution in [0.4, 0.5) is 5.69 Å². The third-order valence-electron chi connectivity index (χ3n) is 5.97. The Kier molecular flexibility index (Phi) is 4.11. The number of carbonyl (C=O) groups is 2. The van der Waals surface area contributed by atoms with E-state index in [0.717, 1.165) is 22.4 Å². The smallest absolute Gasteiger partial charge is 0.204 e. The zero-order chi connectivity index (χ0) is 20.8. The van der Waals surface area contributed by atoms with E-state index in [0.29, 0.717) is 17.7 Å². The van der Waals surface area contributed by atoms with Crippen molar-refractivity contribution < 1.29 is 9.59 Å². The van der Waals surface area contributed by atoms with Gasteiger partial charge in [0.1, 0.15) is 11.6 Å². The molecule has 1 unspecified atom stereocenters.